The van der Waals surface area contributed by atoms with Gasteiger partial charge in [0.25, 0.3) is 0 Å². The normalized spacial score (nSPS) is 12.4. The highest BCUT2D eigenvalue weighted by Gasteiger charge is 2.21. The summed E-state index contributed by atoms with van der Waals surface area (Å²) in [5.74, 6) is 0.621. The van der Waals surface area contributed by atoms with Crippen LogP contribution in [0.15, 0.2) is 73.3 Å². The zero-order valence-corrected chi connectivity index (χ0v) is 18.4. The number of fused-ring (bicyclic) bond motifs is 1. The van der Waals surface area contributed by atoms with Crippen LogP contribution in [0.25, 0.3) is 22.2 Å². The second-order valence-corrected chi connectivity index (χ2v) is 8.28. The fourth-order valence-electron chi connectivity index (χ4n) is 4.10. The lowest BCUT2D eigenvalue weighted by Gasteiger charge is -2.16. The second-order valence-electron chi connectivity index (χ2n) is 8.28. The quantitative estimate of drug-likeness (QED) is 0.449. The maximum Gasteiger partial charge on any atom is 0.143 e. The van der Waals surface area contributed by atoms with Gasteiger partial charge in [-0.25, -0.2) is 4.98 Å². The first-order valence-electron chi connectivity index (χ1n) is 10.6. The van der Waals surface area contributed by atoms with Gasteiger partial charge in [0.15, 0.2) is 0 Å². The van der Waals surface area contributed by atoms with Crippen LogP contribution in [0.2, 0.25) is 0 Å². The summed E-state index contributed by atoms with van der Waals surface area (Å²) in [5, 5.41) is 15.5. The zero-order chi connectivity index (χ0) is 22.2. The third-order valence-electron chi connectivity index (χ3n) is 5.92. The fourth-order valence-corrected chi connectivity index (χ4v) is 4.10. The molecule has 3 aromatic heterocycles. The molecule has 0 bridgehead atoms. The molecule has 3 heterocycles. The zero-order valence-electron chi connectivity index (χ0n) is 18.4. The minimum atomic E-state index is -0.850. The van der Waals surface area contributed by atoms with Crippen molar-refractivity contribution in [1.29, 1.82) is 0 Å². The summed E-state index contributed by atoms with van der Waals surface area (Å²) >= 11 is 0. The predicted molar refractivity (Wildman–Crippen MR) is 125 cm³/mol. The molecule has 5 rings (SSSR count). The Bertz CT molecular complexity index is 1400. The van der Waals surface area contributed by atoms with E-state index in [1.165, 1.54) is 16.7 Å². The number of aliphatic hydroxyl groups is 1. The molecule has 6 heteroatoms. The number of aromatic nitrogens is 5. The van der Waals surface area contributed by atoms with Crippen molar-refractivity contribution in [3.8, 4) is 11.1 Å². The molecule has 2 aromatic carbocycles. The summed E-state index contributed by atoms with van der Waals surface area (Å²) in [6, 6.07) is 16.3. The molecule has 0 radical (unpaired) electrons. The summed E-state index contributed by atoms with van der Waals surface area (Å²) in [6.45, 7) is 4.84. The molecule has 0 aliphatic heterocycles. The lowest BCUT2D eigenvalue weighted by Crippen LogP contribution is -2.12. The van der Waals surface area contributed by atoms with Gasteiger partial charge >= 0.3 is 0 Å². The first-order chi connectivity index (χ1) is 15.5. The number of imidazole rings is 1. The maximum absolute atomic E-state index is 11.2. The van der Waals surface area contributed by atoms with E-state index in [0.717, 1.165) is 27.7 Å². The number of rotatable bonds is 5. The standard InChI is InChI=1S/C26H25N5O/c1-17-4-5-18(2)21(12-17)16-31-24-13-20(22-14-28-30(3)15-22)6-7-23(24)29-26(31)25(32)19-8-10-27-11-9-19/h4-15,25,32H,16H2,1-3H3/t25-/m0/s1. The molecule has 6 nitrogen and oxygen atoms in total. The van der Waals surface area contributed by atoms with Crippen molar-refractivity contribution < 1.29 is 5.11 Å². The smallest absolute Gasteiger partial charge is 0.143 e. The van der Waals surface area contributed by atoms with E-state index in [4.69, 9.17) is 4.98 Å². The van der Waals surface area contributed by atoms with E-state index in [1.54, 1.807) is 17.1 Å². The molecule has 160 valence electrons. The van der Waals surface area contributed by atoms with E-state index in [2.05, 4.69) is 58.8 Å². The number of aliphatic hydroxyl groups excluding tert-OH is 1. The predicted octanol–water partition coefficient (Wildman–Crippen LogP) is 4.58. The third kappa shape index (κ3) is 3.69. The Labute approximate surface area is 186 Å². The van der Waals surface area contributed by atoms with Crippen LogP contribution < -0.4 is 0 Å². The number of hydrogen-bond acceptors (Lipinski definition) is 4. The molecule has 0 saturated carbocycles. The lowest BCUT2D eigenvalue weighted by atomic mass is 10.0. The van der Waals surface area contributed by atoms with Gasteiger partial charge in [-0.2, -0.15) is 5.10 Å². The first kappa shape index (κ1) is 20.2. The number of aryl methyl sites for hydroxylation is 3. The van der Waals surface area contributed by atoms with Crippen molar-refractivity contribution in [2.45, 2.75) is 26.5 Å². The minimum absolute atomic E-state index is 0.621. The molecule has 0 aliphatic carbocycles. The van der Waals surface area contributed by atoms with Gasteiger partial charge in [0, 0.05) is 37.7 Å². The van der Waals surface area contributed by atoms with Crippen LogP contribution in [-0.2, 0) is 13.6 Å². The molecule has 0 unspecified atom stereocenters. The average Bonchev–Trinajstić information content (AvgIpc) is 3.40. The van der Waals surface area contributed by atoms with Crippen molar-refractivity contribution in [1.82, 2.24) is 24.3 Å². The number of pyridine rings is 1. The van der Waals surface area contributed by atoms with Crippen LogP contribution in [0.3, 0.4) is 0 Å². The summed E-state index contributed by atoms with van der Waals surface area (Å²) in [7, 11) is 1.91. The Kier molecular flexibility index (Phi) is 5.07. The van der Waals surface area contributed by atoms with E-state index in [1.807, 2.05) is 37.6 Å². The Hall–Kier alpha value is -3.77. The third-order valence-corrected chi connectivity index (χ3v) is 5.92. The van der Waals surface area contributed by atoms with Gasteiger partial charge in [0.1, 0.15) is 11.9 Å². The van der Waals surface area contributed by atoms with E-state index in [0.29, 0.717) is 12.4 Å². The Morgan fingerprint density at radius 3 is 2.53 bits per heavy atom. The fraction of sp³-hybridized carbons (Fsp3) is 0.192. The van der Waals surface area contributed by atoms with Gasteiger partial charge in [-0.05, 0) is 60.4 Å². The van der Waals surface area contributed by atoms with Crippen LogP contribution in [0.5, 0.6) is 0 Å². The summed E-state index contributed by atoms with van der Waals surface area (Å²) in [5.41, 5.74) is 8.35. The Morgan fingerprint density at radius 1 is 0.969 bits per heavy atom. The van der Waals surface area contributed by atoms with Gasteiger partial charge in [0.2, 0.25) is 0 Å². The van der Waals surface area contributed by atoms with Gasteiger partial charge < -0.3 is 9.67 Å². The lowest BCUT2D eigenvalue weighted by molar-refractivity contribution is 0.206. The van der Waals surface area contributed by atoms with Gasteiger partial charge in [0.05, 0.1) is 17.2 Å². The van der Waals surface area contributed by atoms with Crippen LogP contribution in [0.4, 0.5) is 0 Å². The van der Waals surface area contributed by atoms with Gasteiger partial charge in [-0.1, -0.05) is 29.8 Å². The number of benzene rings is 2. The molecule has 0 aliphatic rings. The maximum atomic E-state index is 11.2. The van der Waals surface area contributed by atoms with E-state index < -0.39 is 6.10 Å². The molecular weight excluding hydrogens is 398 g/mol. The average molecular weight is 424 g/mol. The highest BCUT2D eigenvalue weighted by Crippen LogP contribution is 2.30. The van der Waals surface area contributed by atoms with Gasteiger partial charge in [-0.3, -0.25) is 9.67 Å². The van der Waals surface area contributed by atoms with Crippen LogP contribution >= 0.6 is 0 Å². The highest BCUT2D eigenvalue weighted by molar-refractivity contribution is 5.82. The van der Waals surface area contributed by atoms with Crippen LogP contribution in [0, 0.1) is 13.8 Å². The summed E-state index contributed by atoms with van der Waals surface area (Å²) in [6.07, 6.45) is 6.39. The molecular formula is C26H25N5O. The van der Waals surface area contributed by atoms with Crippen molar-refractivity contribution in [3.05, 3.63) is 101 Å². The largest absolute Gasteiger partial charge is 0.380 e. The number of hydrogen-bond donors (Lipinski definition) is 1. The Balaban J connectivity index is 1.69. The summed E-state index contributed by atoms with van der Waals surface area (Å²) in [4.78, 5) is 8.93. The molecule has 0 amide bonds. The number of nitrogens with zero attached hydrogens (tertiary/aromatic N) is 5. The molecule has 1 N–H and O–H groups in total. The van der Waals surface area contributed by atoms with Crippen molar-refractivity contribution in [2.24, 2.45) is 7.05 Å². The van der Waals surface area contributed by atoms with E-state index >= 15 is 0 Å². The molecule has 0 saturated heterocycles. The highest BCUT2D eigenvalue weighted by atomic mass is 16.3. The molecule has 0 spiro atoms. The SMILES string of the molecule is Cc1ccc(C)c(Cn2c([C@@H](O)c3ccncc3)nc3ccc(-c4cnn(C)c4)cc32)c1. The second kappa shape index (κ2) is 8.05. The molecule has 0 fully saturated rings. The van der Waals surface area contributed by atoms with E-state index in [-0.39, 0.29) is 0 Å². The van der Waals surface area contributed by atoms with Crippen LogP contribution in [0.1, 0.15) is 34.2 Å². The molecule has 1 atom stereocenters. The Morgan fingerprint density at radius 2 is 1.78 bits per heavy atom. The molecule has 5 aromatic rings. The molecule has 32 heavy (non-hydrogen) atoms. The van der Waals surface area contributed by atoms with Crippen molar-refractivity contribution >= 4 is 11.0 Å². The van der Waals surface area contributed by atoms with Gasteiger partial charge in [-0.15, -0.1) is 0 Å². The monoisotopic (exact) mass is 423 g/mol. The van der Waals surface area contributed by atoms with Crippen molar-refractivity contribution in [2.75, 3.05) is 0 Å². The van der Waals surface area contributed by atoms with E-state index in [9.17, 15) is 5.11 Å². The topological polar surface area (TPSA) is 68.8 Å². The van der Waals surface area contributed by atoms with Crippen LogP contribution in [-0.4, -0.2) is 29.4 Å². The summed E-state index contributed by atoms with van der Waals surface area (Å²) < 4.78 is 3.92. The first-order valence-corrected chi connectivity index (χ1v) is 10.6. The minimum Gasteiger partial charge on any atom is -0.380 e. The van der Waals surface area contributed by atoms with Crippen molar-refractivity contribution in [3.63, 3.8) is 0 Å².